The number of fused-ring (bicyclic) bond motifs is 1. The van der Waals surface area contributed by atoms with E-state index in [4.69, 9.17) is 4.42 Å². The van der Waals surface area contributed by atoms with Gasteiger partial charge in [0, 0.05) is 12.6 Å². The molecule has 0 spiro atoms. The molecule has 4 rings (SSSR count). The van der Waals surface area contributed by atoms with E-state index in [9.17, 15) is 4.79 Å². The zero-order chi connectivity index (χ0) is 18.6. The predicted molar refractivity (Wildman–Crippen MR) is 110 cm³/mol. The van der Waals surface area contributed by atoms with Gasteiger partial charge in [-0.25, -0.2) is 4.79 Å². The average Bonchev–Trinajstić information content (AvgIpc) is 3.08. The van der Waals surface area contributed by atoms with E-state index in [1.807, 2.05) is 18.2 Å². The fourth-order valence-corrected chi connectivity index (χ4v) is 4.13. The van der Waals surface area contributed by atoms with Crippen LogP contribution in [0.2, 0.25) is 0 Å². The largest absolute Gasteiger partial charge is 0.417 e. The van der Waals surface area contributed by atoms with Crippen molar-refractivity contribution in [3.8, 4) is 0 Å². The molecule has 0 radical (unpaired) electrons. The number of nitrogens with zero attached hydrogens (tertiary/aromatic N) is 1. The molecule has 0 unspecified atom stereocenters. The van der Waals surface area contributed by atoms with Gasteiger partial charge < -0.3 is 4.42 Å². The van der Waals surface area contributed by atoms with Gasteiger partial charge in [-0.15, -0.1) is 0 Å². The van der Waals surface area contributed by atoms with E-state index in [1.165, 1.54) is 36.8 Å². The van der Waals surface area contributed by atoms with E-state index < -0.39 is 0 Å². The Balaban J connectivity index is 1.32. The Labute approximate surface area is 159 Å². The van der Waals surface area contributed by atoms with Gasteiger partial charge in [-0.1, -0.05) is 48.6 Å². The second-order valence-corrected chi connectivity index (χ2v) is 7.53. The lowest BCUT2D eigenvalue weighted by molar-refractivity contribution is 0.198. The van der Waals surface area contributed by atoms with E-state index >= 15 is 0 Å². The maximum atomic E-state index is 11.3. The predicted octanol–water partition coefficient (Wildman–Crippen LogP) is 4.79. The highest BCUT2D eigenvalue weighted by atomic mass is 16.4. The second kappa shape index (κ2) is 7.97. The van der Waals surface area contributed by atoms with Crippen LogP contribution in [0.25, 0.3) is 17.2 Å². The van der Waals surface area contributed by atoms with Gasteiger partial charge in [-0.3, -0.25) is 9.88 Å². The summed E-state index contributed by atoms with van der Waals surface area (Å²) in [4.78, 5) is 16.5. The van der Waals surface area contributed by atoms with E-state index in [-0.39, 0.29) is 5.76 Å². The molecule has 1 heterocycles. The third kappa shape index (κ3) is 4.22. The molecule has 1 aromatic heterocycles. The van der Waals surface area contributed by atoms with Crippen molar-refractivity contribution in [1.82, 2.24) is 9.88 Å². The lowest BCUT2D eigenvalue weighted by atomic mass is 9.81. The standard InChI is InChI=1S/C23H26N2O2/c1-25(15-5-8-17-6-3-2-4-7-17)20-12-9-18(10-13-20)19-11-14-21-22(16-19)27-23(26)24-21/h2-8,11,14,16,18,20H,9-10,12-13,15H2,1H3,(H,24,26)/b8-5+. The van der Waals surface area contributed by atoms with E-state index in [0.29, 0.717) is 17.5 Å². The van der Waals surface area contributed by atoms with Gasteiger partial charge in [0.1, 0.15) is 0 Å². The molecule has 4 nitrogen and oxygen atoms in total. The fourth-order valence-electron chi connectivity index (χ4n) is 4.13. The molecule has 2 aromatic carbocycles. The first-order valence-electron chi connectivity index (χ1n) is 9.73. The highest BCUT2D eigenvalue weighted by Crippen LogP contribution is 2.35. The molecule has 0 aliphatic heterocycles. The molecule has 1 saturated carbocycles. The minimum absolute atomic E-state index is 0.379. The molecule has 4 heteroatoms. The number of nitrogens with one attached hydrogen (secondary N) is 1. The number of aromatic nitrogens is 1. The minimum Gasteiger partial charge on any atom is -0.408 e. The van der Waals surface area contributed by atoms with Crippen LogP contribution >= 0.6 is 0 Å². The molecular formula is C23H26N2O2. The Kier molecular flexibility index (Phi) is 5.26. The molecule has 3 aromatic rings. The van der Waals surface area contributed by atoms with Gasteiger partial charge in [-0.2, -0.15) is 0 Å². The molecule has 27 heavy (non-hydrogen) atoms. The summed E-state index contributed by atoms with van der Waals surface area (Å²) in [5, 5.41) is 0. The number of benzene rings is 2. The summed E-state index contributed by atoms with van der Waals surface area (Å²) in [6, 6.07) is 17.2. The van der Waals surface area contributed by atoms with Gasteiger partial charge in [0.2, 0.25) is 0 Å². The Bertz CT molecular complexity index is 963. The molecule has 0 bridgehead atoms. The number of likely N-dealkylation sites (N-methyl/N-ethyl adjacent to an activating group) is 1. The molecule has 1 aliphatic carbocycles. The Morgan fingerprint density at radius 2 is 1.89 bits per heavy atom. The highest BCUT2D eigenvalue weighted by Gasteiger charge is 2.24. The number of oxazole rings is 1. The Morgan fingerprint density at radius 3 is 2.67 bits per heavy atom. The Morgan fingerprint density at radius 1 is 1.11 bits per heavy atom. The van der Waals surface area contributed by atoms with Crippen LogP contribution < -0.4 is 5.76 Å². The topological polar surface area (TPSA) is 49.2 Å². The first kappa shape index (κ1) is 17.8. The van der Waals surface area contributed by atoms with Gasteiger partial charge in [0.05, 0.1) is 5.52 Å². The maximum Gasteiger partial charge on any atom is 0.417 e. The van der Waals surface area contributed by atoms with E-state index in [0.717, 1.165) is 12.1 Å². The number of rotatable bonds is 5. The van der Waals surface area contributed by atoms with Crippen molar-refractivity contribution < 1.29 is 4.42 Å². The molecule has 140 valence electrons. The van der Waals surface area contributed by atoms with Crippen LogP contribution in [-0.4, -0.2) is 29.5 Å². The highest BCUT2D eigenvalue weighted by molar-refractivity contribution is 5.72. The van der Waals surface area contributed by atoms with Crippen molar-refractivity contribution in [2.45, 2.75) is 37.6 Å². The first-order valence-corrected chi connectivity index (χ1v) is 9.73. The zero-order valence-electron chi connectivity index (χ0n) is 15.7. The summed E-state index contributed by atoms with van der Waals surface area (Å²) in [5.74, 6) is 0.176. The maximum absolute atomic E-state index is 11.3. The van der Waals surface area contributed by atoms with Gasteiger partial charge in [0.15, 0.2) is 5.58 Å². The van der Waals surface area contributed by atoms with Crippen LogP contribution in [0, 0.1) is 0 Å². The monoisotopic (exact) mass is 362 g/mol. The van der Waals surface area contributed by atoms with Crippen LogP contribution in [-0.2, 0) is 0 Å². The summed E-state index contributed by atoms with van der Waals surface area (Å²) < 4.78 is 5.21. The first-order chi connectivity index (χ1) is 13.2. The minimum atomic E-state index is -0.379. The van der Waals surface area contributed by atoms with Crippen LogP contribution in [0.3, 0.4) is 0 Å². The third-order valence-electron chi connectivity index (χ3n) is 5.74. The van der Waals surface area contributed by atoms with Gasteiger partial charge in [0.25, 0.3) is 0 Å². The third-order valence-corrected chi connectivity index (χ3v) is 5.74. The summed E-state index contributed by atoms with van der Waals surface area (Å²) in [5.41, 5.74) is 3.99. The quantitative estimate of drug-likeness (QED) is 0.710. The summed E-state index contributed by atoms with van der Waals surface area (Å²) in [7, 11) is 2.22. The smallest absolute Gasteiger partial charge is 0.408 e. The average molecular weight is 362 g/mol. The van der Waals surface area contributed by atoms with Gasteiger partial charge >= 0.3 is 5.76 Å². The fraction of sp³-hybridized carbons (Fsp3) is 0.348. The SMILES string of the molecule is CN(C/C=C/c1ccccc1)C1CCC(c2ccc3[nH]c(=O)oc3c2)CC1. The summed E-state index contributed by atoms with van der Waals surface area (Å²) in [6.45, 7) is 0.977. The van der Waals surface area contributed by atoms with Crippen molar-refractivity contribution in [3.05, 3.63) is 76.3 Å². The van der Waals surface area contributed by atoms with E-state index in [2.05, 4.69) is 59.4 Å². The Hall–Kier alpha value is -2.59. The van der Waals surface area contributed by atoms with Crippen molar-refractivity contribution in [2.24, 2.45) is 0 Å². The van der Waals surface area contributed by atoms with Crippen LogP contribution in [0.1, 0.15) is 42.7 Å². The lowest BCUT2D eigenvalue weighted by Crippen LogP contribution is -2.34. The number of aromatic amines is 1. The number of hydrogen-bond donors (Lipinski definition) is 1. The lowest BCUT2D eigenvalue weighted by Gasteiger charge is -2.34. The van der Waals surface area contributed by atoms with Crippen molar-refractivity contribution in [3.63, 3.8) is 0 Å². The molecule has 1 aliphatic rings. The van der Waals surface area contributed by atoms with E-state index in [1.54, 1.807) is 0 Å². The molecule has 0 saturated heterocycles. The van der Waals surface area contributed by atoms with Crippen molar-refractivity contribution in [2.75, 3.05) is 13.6 Å². The molecule has 0 atom stereocenters. The normalized spacial score (nSPS) is 20.7. The van der Waals surface area contributed by atoms with Gasteiger partial charge in [-0.05, 0) is 61.9 Å². The van der Waals surface area contributed by atoms with Crippen LogP contribution in [0.15, 0.2) is 63.8 Å². The van der Waals surface area contributed by atoms with Crippen LogP contribution in [0.5, 0.6) is 0 Å². The number of H-pyrrole nitrogens is 1. The molecular weight excluding hydrogens is 336 g/mol. The van der Waals surface area contributed by atoms with Crippen LogP contribution in [0.4, 0.5) is 0 Å². The zero-order valence-corrected chi connectivity index (χ0v) is 15.7. The second-order valence-electron chi connectivity index (χ2n) is 7.53. The van der Waals surface area contributed by atoms with Crippen molar-refractivity contribution in [1.29, 1.82) is 0 Å². The molecule has 1 fully saturated rings. The summed E-state index contributed by atoms with van der Waals surface area (Å²) in [6.07, 6.45) is 9.21. The number of hydrogen-bond acceptors (Lipinski definition) is 3. The summed E-state index contributed by atoms with van der Waals surface area (Å²) >= 11 is 0. The molecule has 0 amide bonds. The molecule has 1 N–H and O–H groups in total. The van der Waals surface area contributed by atoms with Crippen molar-refractivity contribution >= 4 is 17.2 Å².